The van der Waals surface area contributed by atoms with Crippen LogP contribution in [0.3, 0.4) is 0 Å². The van der Waals surface area contributed by atoms with E-state index in [9.17, 15) is 4.79 Å². The van der Waals surface area contributed by atoms with E-state index < -0.39 is 5.97 Å². The minimum absolute atomic E-state index is 0.00356. The highest BCUT2D eigenvalue weighted by atomic mass is 79.9. The summed E-state index contributed by atoms with van der Waals surface area (Å²) < 4.78 is 16.0. The molecule has 0 aliphatic rings. The third kappa shape index (κ3) is 3.10. The van der Waals surface area contributed by atoms with Gasteiger partial charge in [0.05, 0.1) is 6.61 Å². The molecule has 2 aromatic rings. The van der Waals surface area contributed by atoms with E-state index in [-0.39, 0.29) is 18.4 Å². The maximum absolute atomic E-state index is 11.4. The quantitative estimate of drug-likeness (QED) is 0.810. The Hall–Kier alpha value is -1.82. The summed E-state index contributed by atoms with van der Waals surface area (Å²) in [4.78, 5) is 15.2. The third-order valence-corrected chi connectivity index (χ3v) is 2.46. The van der Waals surface area contributed by atoms with Crippen molar-refractivity contribution in [2.75, 3.05) is 6.61 Å². The van der Waals surface area contributed by atoms with E-state index in [0.29, 0.717) is 5.75 Å². The van der Waals surface area contributed by atoms with Crippen molar-refractivity contribution in [3.05, 3.63) is 40.7 Å². The molecule has 94 valence electrons. The van der Waals surface area contributed by atoms with Crippen LogP contribution in [0.15, 0.2) is 39.4 Å². The molecular weight excluding hydrogens is 302 g/mol. The third-order valence-electron chi connectivity index (χ3n) is 1.97. The molecule has 0 fully saturated rings. The van der Waals surface area contributed by atoms with Crippen LogP contribution >= 0.6 is 15.9 Å². The lowest BCUT2D eigenvalue weighted by Gasteiger charge is -2.00. The molecule has 2 rings (SSSR count). The van der Waals surface area contributed by atoms with Crippen LogP contribution in [0.4, 0.5) is 0 Å². The molecule has 0 spiro atoms. The number of halogens is 1. The van der Waals surface area contributed by atoms with Crippen LogP contribution in [-0.4, -0.2) is 17.6 Å². The number of hydrogen-bond donors (Lipinski definition) is 0. The number of esters is 1. The molecule has 18 heavy (non-hydrogen) atoms. The Balaban J connectivity index is 2.09. The molecule has 0 radical (unpaired) electrons. The molecule has 0 aliphatic heterocycles. The summed E-state index contributed by atoms with van der Waals surface area (Å²) in [5, 5.41) is 0. The van der Waals surface area contributed by atoms with Gasteiger partial charge in [-0.2, -0.15) is 4.98 Å². The van der Waals surface area contributed by atoms with Crippen LogP contribution in [0.25, 0.3) is 0 Å². The zero-order valence-electron chi connectivity index (χ0n) is 9.55. The predicted molar refractivity (Wildman–Crippen MR) is 66.7 cm³/mol. The first-order chi connectivity index (χ1) is 8.69. The number of oxazole rings is 1. The van der Waals surface area contributed by atoms with E-state index in [1.54, 1.807) is 19.1 Å². The Bertz CT molecular complexity index is 553. The molecule has 1 aromatic heterocycles. The van der Waals surface area contributed by atoms with E-state index in [1.165, 1.54) is 6.26 Å². The first-order valence-corrected chi connectivity index (χ1v) is 6.04. The summed E-state index contributed by atoms with van der Waals surface area (Å²) in [6, 6.07) is 7.19. The molecule has 0 saturated carbocycles. The molecule has 0 aliphatic carbocycles. The maximum Gasteiger partial charge on any atom is 0.399 e. The molecule has 0 atom stereocenters. The van der Waals surface area contributed by atoms with Crippen molar-refractivity contribution in [2.45, 2.75) is 6.92 Å². The van der Waals surface area contributed by atoms with E-state index in [4.69, 9.17) is 13.9 Å². The fraction of sp³-hybridized carbons (Fsp3) is 0.167. The number of ether oxygens (including phenoxy) is 2. The van der Waals surface area contributed by atoms with Gasteiger partial charge >= 0.3 is 12.0 Å². The van der Waals surface area contributed by atoms with E-state index in [0.717, 1.165) is 4.47 Å². The van der Waals surface area contributed by atoms with Gasteiger partial charge in [0.2, 0.25) is 0 Å². The Morgan fingerprint density at radius 3 is 3.06 bits per heavy atom. The van der Waals surface area contributed by atoms with Crippen LogP contribution < -0.4 is 4.74 Å². The van der Waals surface area contributed by atoms with E-state index >= 15 is 0 Å². The molecule has 1 heterocycles. The molecular formula is C12H10BrNO4. The molecule has 0 saturated heterocycles. The van der Waals surface area contributed by atoms with Gasteiger partial charge in [0, 0.05) is 4.47 Å². The minimum Gasteiger partial charge on any atom is -0.461 e. The van der Waals surface area contributed by atoms with Gasteiger partial charge in [0.25, 0.3) is 0 Å². The van der Waals surface area contributed by atoms with E-state index in [2.05, 4.69) is 20.9 Å². The maximum atomic E-state index is 11.4. The first-order valence-electron chi connectivity index (χ1n) is 5.25. The van der Waals surface area contributed by atoms with Gasteiger partial charge in [-0.05, 0) is 25.1 Å². The van der Waals surface area contributed by atoms with Crippen molar-refractivity contribution in [1.29, 1.82) is 0 Å². The fourth-order valence-corrected chi connectivity index (χ4v) is 1.61. The summed E-state index contributed by atoms with van der Waals surface area (Å²) in [6.45, 7) is 2.00. The van der Waals surface area contributed by atoms with Gasteiger partial charge in [-0.25, -0.2) is 4.79 Å². The standard InChI is InChI=1S/C12H10BrNO4/c1-2-16-11(15)10-7-17-12(14-10)18-9-5-3-4-8(13)6-9/h3-7H,2H2,1H3. The van der Waals surface area contributed by atoms with Crippen LogP contribution in [0.5, 0.6) is 11.8 Å². The van der Waals surface area contributed by atoms with Crippen LogP contribution in [-0.2, 0) is 4.74 Å². The second-order valence-corrected chi connectivity index (χ2v) is 4.19. The average molecular weight is 312 g/mol. The molecule has 0 bridgehead atoms. The van der Waals surface area contributed by atoms with Gasteiger partial charge in [-0.15, -0.1) is 0 Å². The Labute approximate surface area is 112 Å². The highest BCUT2D eigenvalue weighted by Crippen LogP contribution is 2.23. The fourth-order valence-electron chi connectivity index (χ4n) is 1.23. The molecule has 0 amide bonds. The van der Waals surface area contributed by atoms with Crippen molar-refractivity contribution >= 4 is 21.9 Å². The van der Waals surface area contributed by atoms with Gasteiger partial charge in [-0.1, -0.05) is 22.0 Å². The number of carbonyl (C=O) groups excluding carboxylic acids is 1. The lowest BCUT2D eigenvalue weighted by atomic mass is 10.3. The summed E-state index contributed by atoms with van der Waals surface area (Å²) in [5.41, 5.74) is 0.0850. The molecule has 6 heteroatoms. The highest BCUT2D eigenvalue weighted by Gasteiger charge is 2.14. The first kappa shape index (κ1) is 12.6. The van der Waals surface area contributed by atoms with Gasteiger partial charge in [0.15, 0.2) is 5.69 Å². The number of benzene rings is 1. The van der Waals surface area contributed by atoms with Crippen molar-refractivity contribution < 1.29 is 18.7 Å². The molecule has 1 aromatic carbocycles. The lowest BCUT2D eigenvalue weighted by Crippen LogP contribution is -2.04. The van der Waals surface area contributed by atoms with Crippen LogP contribution in [0, 0.1) is 0 Å². The number of nitrogens with zero attached hydrogens (tertiary/aromatic N) is 1. The Morgan fingerprint density at radius 1 is 1.50 bits per heavy atom. The zero-order chi connectivity index (χ0) is 13.0. The number of hydrogen-bond acceptors (Lipinski definition) is 5. The van der Waals surface area contributed by atoms with Gasteiger partial charge < -0.3 is 13.9 Å². The summed E-state index contributed by atoms with van der Waals surface area (Å²) >= 11 is 3.32. The number of carbonyl (C=O) groups is 1. The summed E-state index contributed by atoms with van der Waals surface area (Å²) in [7, 11) is 0. The van der Waals surface area contributed by atoms with Crippen molar-refractivity contribution in [1.82, 2.24) is 4.98 Å². The summed E-state index contributed by atoms with van der Waals surface area (Å²) in [6.07, 6.45) is 1.20. The topological polar surface area (TPSA) is 61.6 Å². The smallest absolute Gasteiger partial charge is 0.399 e. The van der Waals surface area contributed by atoms with Crippen molar-refractivity contribution in [3.8, 4) is 11.8 Å². The van der Waals surface area contributed by atoms with Gasteiger partial charge in [0.1, 0.15) is 12.0 Å². The average Bonchev–Trinajstić information content (AvgIpc) is 2.78. The van der Waals surface area contributed by atoms with Crippen LogP contribution in [0.2, 0.25) is 0 Å². The monoisotopic (exact) mass is 311 g/mol. The van der Waals surface area contributed by atoms with Crippen molar-refractivity contribution in [3.63, 3.8) is 0 Å². The molecule has 5 nitrogen and oxygen atoms in total. The SMILES string of the molecule is CCOC(=O)c1coc(Oc2cccc(Br)c2)n1. The molecule has 0 unspecified atom stereocenters. The lowest BCUT2D eigenvalue weighted by molar-refractivity contribution is 0.0519. The van der Waals surface area contributed by atoms with Gasteiger partial charge in [-0.3, -0.25) is 0 Å². The minimum atomic E-state index is -0.537. The number of aromatic nitrogens is 1. The normalized spacial score (nSPS) is 10.1. The largest absolute Gasteiger partial charge is 0.461 e. The second kappa shape index (κ2) is 5.68. The highest BCUT2D eigenvalue weighted by molar-refractivity contribution is 9.10. The Morgan fingerprint density at radius 2 is 2.33 bits per heavy atom. The second-order valence-electron chi connectivity index (χ2n) is 3.28. The van der Waals surface area contributed by atoms with Crippen molar-refractivity contribution in [2.24, 2.45) is 0 Å². The van der Waals surface area contributed by atoms with Crippen LogP contribution in [0.1, 0.15) is 17.4 Å². The summed E-state index contributed by atoms with van der Waals surface area (Å²) in [5.74, 6) is 0.0203. The zero-order valence-corrected chi connectivity index (χ0v) is 11.1. The predicted octanol–water partition coefficient (Wildman–Crippen LogP) is 3.41. The molecule has 0 N–H and O–H groups in total. The van der Waals surface area contributed by atoms with E-state index in [1.807, 2.05) is 12.1 Å². The Kier molecular flexibility index (Phi) is 3.99. The number of rotatable bonds is 4.